The lowest BCUT2D eigenvalue weighted by molar-refractivity contribution is -0.138. The molecule has 6 N–H and O–H groups in total. The van der Waals surface area contributed by atoms with E-state index in [4.69, 9.17) is 15.9 Å². The highest BCUT2D eigenvalue weighted by Gasteiger charge is 2.25. The zero-order valence-corrected chi connectivity index (χ0v) is 11.4. The zero-order valence-electron chi connectivity index (χ0n) is 10.6. The van der Waals surface area contributed by atoms with E-state index in [9.17, 15) is 19.8 Å². The molecule has 8 nitrogen and oxygen atoms in total. The summed E-state index contributed by atoms with van der Waals surface area (Å²) < 4.78 is 0. The summed E-state index contributed by atoms with van der Waals surface area (Å²) >= 11 is 1.13. The second kappa shape index (κ2) is 5.62. The topological polar surface area (TPSA) is 153 Å². The molecule has 21 heavy (non-hydrogen) atoms. The Morgan fingerprint density at radius 3 is 2.57 bits per heavy atom. The zero-order chi connectivity index (χ0) is 15.7. The first-order valence-corrected chi connectivity index (χ1v) is 6.79. The van der Waals surface area contributed by atoms with E-state index < -0.39 is 29.5 Å². The first-order valence-electron chi connectivity index (χ1n) is 5.81. The Balaban J connectivity index is 2.45. The van der Waals surface area contributed by atoms with Crippen LogP contribution in [-0.4, -0.2) is 49.9 Å². The Bertz CT molecular complexity index is 658. The van der Waals surface area contributed by atoms with Crippen LogP contribution in [0.5, 0.6) is 11.5 Å². The number of benzene rings is 1. The number of phenols is 2. The number of hydrogen-bond donors (Lipinski definition) is 5. The van der Waals surface area contributed by atoms with Gasteiger partial charge in [0.2, 0.25) is 0 Å². The van der Waals surface area contributed by atoms with Crippen LogP contribution in [0.15, 0.2) is 16.0 Å². The third-order valence-corrected chi connectivity index (χ3v) is 3.95. The van der Waals surface area contributed by atoms with Crippen LogP contribution in [0.2, 0.25) is 0 Å². The van der Waals surface area contributed by atoms with Gasteiger partial charge in [0.1, 0.15) is 17.4 Å². The fourth-order valence-corrected chi connectivity index (χ4v) is 2.78. The van der Waals surface area contributed by atoms with Gasteiger partial charge in [-0.25, -0.2) is 9.79 Å². The maximum absolute atomic E-state index is 10.9. The number of carboxylic acids is 2. The van der Waals surface area contributed by atoms with Gasteiger partial charge in [-0.05, 0) is 6.07 Å². The summed E-state index contributed by atoms with van der Waals surface area (Å²) in [5.74, 6) is -3.45. The van der Waals surface area contributed by atoms with Gasteiger partial charge >= 0.3 is 11.9 Å². The van der Waals surface area contributed by atoms with Crippen LogP contribution in [0.25, 0.3) is 0 Å². The van der Waals surface area contributed by atoms with Crippen molar-refractivity contribution in [3.63, 3.8) is 0 Å². The second-order valence-corrected chi connectivity index (χ2v) is 5.40. The van der Waals surface area contributed by atoms with Gasteiger partial charge in [-0.2, -0.15) is 0 Å². The number of phenolic OH excluding ortho intramolecular Hbond substituents is 2. The monoisotopic (exact) mass is 312 g/mol. The van der Waals surface area contributed by atoms with Gasteiger partial charge in [0.05, 0.1) is 0 Å². The Kier molecular flexibility index (Phi) is 4.05. The van der Waals surface area contributed by atoms with Crippen molar-refractivity contribution in [2.45, 2.75) is 17.4 Å². The minimum Gasteiger partial charge on any atom is -0.504 e. The maximum atomic E-state index is 10.9. The van der Waals surface area contributed by atoms with E-state index >= 15 is 0 Å². The fourth-order valence-electron chi connectivity index (χ4n) is 1.80. The Morgan fingerprint density at radius 2 is 2.00 bits per heavy atom. The molecule has 0 saturated heterocycles. The number of fused-ring (bicyclic) bond motifs is 1. The molecular formula is C12H12N2O6S. The molecule has 0 fully saturated rings. The van der Waals surface area contributed by atoms with Gasteiger partial charge in [-0.15, -0.1) is 11.8 Å². The molecule has 0 saturated carbocycles. The maximum Gasteiger partial charge on any atom is 0.351 e. The van der Waals surface area contributed by atoms with Crippen LogP contribution in [0, 0.1) is 0 Å². The van der Waals surface area contributed by atoms with E-state index in [0.29, 0.717) is 4.90 Å². The van der Waals surface area contributed by atoms with Crippen LogP contribution in [-0.2, 0) is 16.0 Å². The van der Waals surface area contributed by atoms with Gasteiger partial charge in [-0.1, -0.05) is 0 Å². The van der Waals surface area contributed by atoms with Gasteiger partial charge < -0.3 is 26.2 Å². The number of carboxylic acid groups (broad SMARTS) is 2. The average Bonchev–Trinajstić information content (AvgIpc) is 2.43. The van der Waals surface area contributed by atoms with Crippen LogP contribution < -0.4 is 5.73 Å². The second-order valence-electron chi connectivity index (χ2n) is 4.38. The SMILES string of the molecule is NC(Cc1cc2c(c(O)c1O)N=C(C(=O)O)CS2)C(=O)O. The number of thioether (sulfide) groups is 1. The lowest BCUT2D eigenvalue weighted by atomic mass is 10.0. The molecule has 9 heteroatoms. The van der Waals surface area contributed by atoms with Crippen molar-refractivity contribution in [2.24, 2.45) is 10.7 Å². The molecule has 0 radical (unpaired) electrons. The van der Waals surface area contributed by atoms with Gasteiger partial charge in [-0.3, -0.25) is 4.79 Å². The molecule has 112 valence electrons. The summed E-state index contributed by atoms with van der Waals surface area (Å²) in [4.78, 5) is 25.9. The molecule has 2 rings (SSSR count). The van der Waals surface area contributed by atoms with Crippen molar-refractivity contribution in [2.75, 3.05) is 5.75 Å². The van der Waals surface area contributed by atoms with Crippen molar-refractivity contribution >= 4 is 35.1 Å². The predicted molar refractivity (Wildman–Crippen MR) is 74.5 cm³/mol. The van der Waals surface area contributed by atoms with Crippen LogP contribution >= 0.6 is 11.8 Å². The number of aliphatic carboxylic acids is 2. The van der Waals surface area contributed by atoms with Gasteiger partial charge in [0.15, 0.2) is 11.5 Å². The van der Waals surface area contributed by atoms with Crippen LogP contribution in [0.1, 0.15) is 5.56 Å². The Hall–Kier alpha value is -2.26. The Labute approximate surface area is 122 Å². The first-order chi connectivity index (χ1) is 9.81. The minimum absolute atomic E-state index is 0.0335. The highest BCUT2D eigenvalue weighted by atomic mass is 32.2. The molecular weight excluding hydrogens is 300 g/mol. The largest absolute Gasteiger partial charge is 0.504 e. The standard InChI is InChI=1S/C12H12N2O6S/c13-5(11(17)18)1-4-2-7-8(10(16)9(4)15)14-6(3-21-7)12(19)20/h2,5,15-16H,1,3,13H2,(H,17,18)(H,19,20). The molecule has 1 aromatic rings. The van der Waals surface area contributed by atoms with Crippen molar-refractivity contribution in [1.82, 2.24) is 0 Å². The Morgan fingerprint density at radius 1 is 1.33 bits per heavy atom. The van der Waals surface area contributed by atoms with Gasteiger partial charge in [0.25, 0.3) is 0 Å². The molecule has 0 spiro atoms. The van der Waals surface area contributed by atoms with Gasteiger partial charge in [0, 0.05) is 22.6 Å². The highest BCUT2D eigenvalue weighted by molar-refractivity contribution is 8.00. The number of carbonyl (C=O) groups is 2. The summed E-state index contributed by atoms with van der Waals surface area (Å²) in [6.45, 7) is 0. The van der Waals surface area contributed by atoms with E-state index in [-0.39, 0.29) is 29.1 Å². The number of rotatable bonds is 4. The third kappa shape index (κ3) is 2.93. The molecule has 0 aromatic heterocycles. The molecule has 1 atom stereocenters. The molecule has 1 heterocycles. The molecule has 0 aliphatic carbocycles. The summed E-state index contributed by atoms with van der Waals surface area (Å²) in [7, 11) is 0. The number of aliphatic imine (C=N–C) groups is 1. The lowest BCUT2D eigenvalue weighted by Gasteiger charge is -2.17. The lowest BCUT2D eigenvalue weighted by Crippen LogP contribution is -2.32. The number of nitrogens with two attached hydrogens (primary N) is 1. The van der Waals surface area contributed by atoms with Crippen molar-refractivity contribution in [3.8, 4) is 11.5 Å². The van der Waals surface area contributed by atoms with Crippen LogP contribution in [0.4, 0.5) is 5.69 Å². The van der Waals surface area contributed by atoms with E-state index in [1.165, 1.54) is 6.07 Å². The smallest absolute Gasteiger partial charge is 0.351 e. The van der Waals surface area contributed by atoms with E-state index in [2.05, 4.69) is 4.99 Å². The molecule has 1 aliphatic rings. The minimum atomic E-state index is -1.23. The summed E-state index contributed by atoms with van der Waals surface area (Å²) in [5, 5.41) is 37.5. The predicted octanol–water partition coefficient (Wildman–Crippen LogP) is 0.315. The number of aromatic hydroxyl groups is 2. The normalized spacial score (nSPS) is 15.0. The highest BCUT2D eigenvalue weighted by Crippen LogP contribution is 2.47. The van der Waals surface area contributed by atoms with E-state index in [1.807, 2.05) is 0 Å². The fraction of sp³-hybridized carbons (Fsp3) is 0.250. The van der Waals surface area contributed by atoms with Crippen molar-refractivity contribution in [3.05, 3.63) is 11.6 Å². The summed E-state index contributed by atoms with van der Waals surface area (Å²) in [5.41, 5.74) is 5.40. The molecule has 1 unspecified atom stereocenters. The quantitative estimate of drug-likeness (QED) is 0.498. The van der Waals surface area contributed by atoms with Crippen molar-refractivity contribution < 1.29 is 30.0 Å². The number of hydrogen-bond acceptors (Lipinski definition) is 7. The van der Waals surface area contributed by atoms with E-state index in [0.717, 1.165) is 11.8 Å². The van der Waals surface area contributed by atoms with E-state index in [1.54, 1.807) is 0 Å². The average molecular weight is 312 g/mol. The number of nitrogens with zero attached hydrogens (tertiary/aromatic N) is 1. The summed E-state index contributed by atoms with van der Waals surface area (Å²) in [6, 6.07) is 0.236. The molecule has 1 aliphatic heterocycles. The van der Waals surface area contributed by atoms with Crippen LogP contribution in [0.3, 0.4) is 0 Å². The first kappa shape index (κ1) is 15.1. The summed E-state index contributed by atoms with van der Waals surface area (Å²) in [6.07, 6.45) is -0.169. The third-order valence-electron chi connectivity index (χ3n) is 2.91. The van der Waals surface area contributed by atoms with Crippen molar-refractivity contribution in [1.29, 1.82) is 0 Å². The molecule has 1 aromatic carbocycles. The molecule has 0 amide bonds. The molecule has 0 bridgehead atoms.